The maximum Gasteiger partial charge on any atom is 0.355 e. The third kappa shape index (κ3) is 5.60. The van der Waals surface area contributed by atoms with E-state index in [0.29, 0.717) is 44.5 Å². The molecule has 0 fully saturated rings. The number of ether oxygens (including phenoxy) is 6. The Morgan fingerprint density at radius 3 is 2.11 bits per heavy atom. The smallest absolute Gasteiger partial charge is 0.355 e. The fraction of sp³-hybridized carbons (Fsp3) is 0.182. The molecule has 0 aliphatic carbocycles. The molecule has 232 valence electrons. The molecule has 0 unspecified atom stereocenters. The van der Waals surface area contributed by atoms with Crippen LogP contribution in [-0.4, -0.2) is 46.1 Å². The topological polar surface area (TPSA) is 147 Å². The average molecular weight is 614 g/mol. The number of carbonyl (C=O) groups excluding carboxylic acids is 1. The number of carbonyl (C=O) groups is 1. The minimum absolute atomic E-state index is 0.0537. The molecule has 0 radical (unpaired) electrons. The number of fused-ring (bicyclic) bond motifs is 1. The van der Waals surface area contributed by atoms with Crippen molar-refractivity contribution in [1.82, 2.24) is 4.57 Å². The van der Waals surface area contributed by atoms with Gasteiger partial charge < -0.3 is 39.4 Å². The summed E-state index contributed by atoms with van der Waals surface area (Å²) in [5, 5.41) is 12.4. The van der Waals surface area contributed by atoms with E-state index in [1.165, 1.54) is 52.5 Å². The molecule has 2 aromatic heterocycles. The van der Waals surface area contributed by atoms with Crippen molar-refractivity contribution < 1.29 is 37.9 Å². The Bertz CT molecular complexity index is 1930. The second kappa shape index (κ2) is 12.8. The third-order valence-electron chi connectivity index (χ3n) is 7.19. The minimum Gasteiger partial charge on any atom is -0.619 e. The van der Waals surface area contributed by atoms with Gasteiger partial charge in [-0.3, -0.25) is 9.36 Å². The van der Waals surface area contributed by atoms with Gasteiger partial charge in [-0.25, -0.2) is 4.79 Å². The molecule has 2 N–H and O–H groups in total. The largest absolute Gasteiger partial charge is 0.619 e. The van der Waals surface area contributed by atoms with Gasteiger partial charge in [0.25, 0.3) is 5.56 Å². The summed E-state index contributed by atoms with van der Waals surface area (Å²) in [7, 11) is 7.09. The molecule has 0 aliphatic rings. The lowest BCUT2D eigenvalue weighted by Gasteiger charge is -2.22. The van der Waals surface area contributed by atoms with E-state index in [0.717, 1.165) is 0 Å². The van der Waals surface area contributed by atoms with E-state index in [4.69, 9.17) is 34.2 Å². The number of hydrogen-bond acceptors (Lipinski definition) is 10. The van der Waals surface area contributed by atoms with Crippen molar-refractivity contribution in [3.8, 4) is 45.6 Å². The van der Waals surface area contributed by atoms with Gasteiger partial charge in [0.05, 0.1) is 46.5 Å². The second-order valence-corrected chi connectivity index (χ2v) is 9.74. The van der Waals surface area contributed by atoms with E-state index < -0.39 is 11.5 Å². The molecule has 0 saturated heterocycles. The molecule has 5 aromatic rings. The van der Waals surface area contributed by atoms with Crippen molar-refractivity contribution in [1.29, 1.82) is 0 Å². The number of rotatable bonds is 10. The molecule has 0 aliphatic heterocycles. The Kier molecular flexibility index (Phi) is 8.66. The van der Waals surface area contributed by atoms with Crippen molar-refractivity contribution in [2.24, 2.45) is 0 Å². The van der Waals surface area contributed by atoms with E-state index in [9.17, 15) is 14.8 Å². The maximum atomic E-state index is 14.4. The minimum atomic E-state index is -0.807. The molecule has 5 rings (SSSR count). The number of benzene rings is 3. The van der Waals surface area contributed by atoms with Gasteiger partial charge >= 0.3 is 5.97 Å². The number of methoxy groups -OCH3 is 5. The summed E-state index contributed by atoms with van der Waals surface area (Å²) in [6.07, 6.45) is 2.72. The van der Waals surface area contributed by atoms with Crippen LogP contribution in [-0.2, 0) is 11.3 Å². The molecule has 3 aromatic carbocycles. The average Bonchev–Trinajstić information content (AvgIpc) is 3.06. The molecule has 0 amide bonds. The molecular formula is C33H31N3O9. The number of hydrogen-bond donors (Lipinski definition) is 1. The summed E-state index contributed by atoms with van der Waals surface area (Å²) in [5.74, 6) is 0.558. The van der Waals surface area contributed by atoms with Crippen LogP contribution in [0.1, 0.15) is 16.1 Å². The summed E-state index contributed by atoms with van der Waals surface area (Å²) in [6, 6.07) is 16.3. The SMILES string of the molecule is COC(=O)c1c(-c2cc(OC)c(OC)c(OC)c2)c2c(OCc3ccc[n+]([O-])c3)c(OC)ccc2c(=O)n1-c1ccc(N)cc1. The first kappa shape index (κ1) is 30.5. The van der Waals surface area contributed by atoms with Gasteiger partial charge in [0.1, 0.15) is 12.3 Å². The highest BCUT2D eigenvalue weighted by Crippen LogP contribution is 2.47. The second-order valence-electron chi connectivity index (χ2n) is 9.74. The van der Waals surface area contributed by atoms with Crippen LogP contribution in [0.4, 0.5) is 5.69 Å². The highest BCUT2D eigenvalue weighted by Gasteiger charge is 2.30. The molecule has 0 saturated carbocycles. The fourth-order valence-corrected chi connectivity index (χ4v) is 5.15. The molecule has 2 heterocycles. The Morgan fingerprint density at radius 2 is 1.53 bits per heavy atom. The van der Waals surface area contributed by atoms with Crippen molar-refractivity contribution in [3.05, 3.63) is 99.9 Å². The first-order valence-electron chi connectivity index (χ1n) is 13.6. The maximum absolute atomic E-state index is 14.4. The van der Waals surface area contributed by atoms with Crippen LogP contribution in [0.25, 0.3) is 27.6 Å². The van der Waals surface area contributed by atoms with E-state index in [2.05, 4.69) is 0 Å². The quantitative estimate of drug-likeness (QED) is 0.105. The van der Waals surface area contributed by atoms with Gasteiger partial charge in [-0.1, -0.05) is 0 Å². The lowest BCUT2D eigenvalue weighted by atomic mass is 9.94. The highest BCUT2D eigenvalue weighted by molar-refractivity contribution is 6.10. The summed E-state index contributed by atoms with van der Waals surface area (Å²) in [6.45, 7) is -0.0537. The van der Waals surface area contributed by atoms with Gasteiger partial charge in [0, 0.05) is 28.4 Å². The standard InChI is InChI=1S/C33H31N3O9/c1-40-24-13-12-23-28(31(24)45-18-19-7-6-14-35(39)17-19)27(20-15-25(41-2)30(43-4)26(16-20)42-3)29(33(38)44-5)36(32(23)37)22-10-8-21(34)9-11-22/h6-17H,18,34H2,1-5H3. The van der Waals surface area contributed by atoms with Crippen LogP contribution in [0.5, 0.6) is 28.7 Å². The van der Waals surface area contributed by atoms with Crippen molar-refractivity contribution in [2.45, 2.75) is 6.61 Å². The molecule has 45 heavy (non-hydrogen) atoms. The number of aromatic nitrogens is 2. The van der Waals surface area contributed by atoms with Crippen LogP contribution in [0.2, 0.25) is 0 Å². The van der Waals surface area contributed by atoms with Gasteiger partial charge in [-0.15, -0.1) is 0 Å². The van der Waals surface area contributed by atoms with Crippen LogP contribution >= 0.6 is 0 Å². The Balaban J connectivity index is 1.98. The third-order valence-corrected chi connectivity index (χ3v) is 7.19. The Labute approximate surface area is 258 Å². The van der Waals surface area contributed by atoms with Crippen LogP contribution in [0.3, 0.4) is 0 Å². The molecule has 12 heteroatoms. The molecule has 0 spiro atoms. The number of nitrogen functional groups attached to an aromatic ring is 1. The number of anilines is 1. The monoisotopic (exact) mass is 613 g/mol. The van der Waals surface area contributed by atoms with E-state index >= 15 is 0 Å². The summed E-state index contributed by atoms with van der Waals surface area (Å²) >= 11 is 0. The molecular weight excluding hydrogens is 582 g/mol. The predicted molar refractivity (Wildman–Crippen MR) is 167 cm³/mol. The van der Waals surface area contributed by atoms with E-state index in [1.807, 2.05) is 0 Å². The molecule has 0 atom stereocenters. The van der Waals surface area contributed by atoms with Crippen LogP contribution in [0, 0.1) is 5.21 Å². The van der Waals surface area contributed by atoms with Crippen molar-refractivity contribution in [2.75, 3.05) is 41.3 Å². The van der Waals surface area contributed by atoms with Crippen molar-refractivity contribution in [3.63, 3.8) is 0 Å². The van der Waals surface area contributed by atoms with Gasteiger partial charge in [-0.2, -0.15) is 4.73 Å². The number of pyridine rings is 2. The zero-order valence-corrected chi connectivity index (χ0v) is 25.3. The van der Waals surface area contributed by atoms with E-state index in [-0.39, 0.29) is 40.1 Å². The summed E-state index contributed by atoms with van der Waals surface area (Å²) in [5.41, 5.74) is 7.37. The Hall–Kier alpha value is -5.91. The number of nitrogens with two attached hydrogens (primary N) is 1. The molecule has 12 nitrogen and oxygen atoms in total. The molecule has 0 bridgehead atoms. The number of nitrogens with zero attached hydrogens (tertiary/aromatic N) is 2. The van der Waals surface area contributed by atoms with Gasteiger partial charge in [-0.05, 0) is 60.2 Å². The summed E-state index contributed by atoms with van der Waals surface area (Å²) < 4.78 is 36.0. The zero-order chi connectivity index (χ0) is 32.2. The zero-order valence-electron chi connectivity index (χ0n) is 25.3. The number of esters is 1. The van der Waals surface area contributed by atoms with Crippen LogP contribution in [0.15, 0.2) is 77.9 Å². The fourth-order valence-electron chi connectivity index (χ4n) is 5.15. The normalized spacial score (nSPS) is 10.8. The predicted octanol–water partition coefficient (Wildman–Crippen LogP) is 4.27. The highest BCUT2D eigenvalue weighted by atomic mass is 16.5. The summed E-state index contributed by atoms with van der Waals surface area (Å²) in [4.78, 5) is 28.1. The lowest BCUT2D eigenvalue weighted by molar-refractivity contribution is -0.606. The lowest BCUT2D eigenvalue weighted by Crippen LogP contribution is -2.27. The Morgan fingerprint density at radius 1 is 0.867 bits per heavy atom. The first-order valence-corrected chi connectivity index (χ1v) is 13.6. The van der Waals surface area contributed by atoms with Gasteiger partial charge in [0.2, 0.25) is 5.75 Å². The van der Waals surface area contributed by atoms with Gasteiger partial charge in [0.15, 0.2) is 35.4 Å². The van der Waals surface area contributed by atoms with E-state index in [1.54, 1.807) is 60.7 Å². The van der Waals surface area contributed by atoms with Crippen molar-refractivity contribution >= 4 is 22.4 Å². The first-order chi connectivity index (χ1) is 21.8. The van der Waals surface area contributed by atoms with Crippen LogP contribution < -0.4 is 39.7 Å².